The van der Waals surface area contributed by atoms with Gasteiger partial charge in [0.1, 0.15) is 12.8 Å². The van der Waals surface area contributed by atoms with Crippen molar-refractivity contribution in [1.29, 1.82) is 0 Å². The van der Waals surface area contributed by atoms with E-state index in [0.29, 0.717) is 0 Å². The molecule has 0 aliphatic carbocycles. The number of pyridine rings is 1. The van der Waals surface area contributed by atoms with Gasteiger partial charge in [0.2, 0.25) is 5.69 Å². The van der Waals surface area contributed by atoms with E-state index in [2.05, 4.69) is 79.3 Å². The molecular formula is C21H20NO+. The van der Waals surface area contributed by atoms with Crippen LogP contribution in [0.3, 0.4) is 0 Å². The highest BCUT2D eigenvalue weighted by molar-refractivity contribution is 5.75. The number of nitrogens with zero attached hydrogens (tertiary/aromatic N) is 1. The average molecular weight is 302 g/mol. The number of ether oxygens (including phenoxy) is 1. The van der Waals surface area contributed by atoms with Crippen molar-refractivity contribution in [2.75, 3.05) is 6.61 Å². The topological polar surface area (TPSA) is 13.1 Å². The summed E-state index contributed by atoms with van der Waals surface area (Å²) in [7, 11) is 2.10. The van der Waals surface area contributed by atoms with Gasteiger partial charge in [-0.25, -0.2) is 4.57 Å². The summed E-state index contributed by atoms with van der Waals surface area (Å²) in [5.74, 6) is 1.06. The lowest BCUT2D eigenvalue weighted by atomic mass is 9.97. The van der Waals surface area contributed by atoms with Crippen LogP contribution in [0.15, 0.2) is 60.8 Å². The molecule has 0 fully saturated rings. The summed E-state index contributed by atoms with van der Waals surface area (Å²) in [4.78, 5) is 0. The lowest BCUT2D eigenvalue weighted by Crippen LogP contribution is -2.30. The van der Waals surface area contributed by atoms with Gasteiger partial charge in [0, 0.05) is 18.6 Å². The molecule has 0 spiro atoms. The Morgan fingerprint density at radius 2 is 1.78 bits per heavy atom. The second kappa shape index (κ2) is 5.54. The maximum atomic E-state index is 5.95. The molecule has 0 saturated carbocycles. The molecule has 0 unspecified atom stereocenters. The summed E-state index contributed by atoms with van der Waals surface area (Å²) >= 11 is 0. The molecule has 2 aromatic carbocycles. The van der Waals surface area contributed by atoms with Crippen molar-refractivity contribution in [2.24, 2.45) is 7.05 Å². The van der Waals surface area contributed by atoms with Crippen LogP contribution >= 0.6 is 0 Å². The van der Waals surface area contributed by atoms with Crippen LogP contribution < -0.4 is 9.30 Å². The Balaban J connectivity index is 1.92. The molecule has 0 radical (unpaired) electrons. The molecule has 3 aromatic rings. The second-order valence-corrected chi connectivity index (χ2v) is 6.12. The lowest BCUT2D eigenvalue weighted by molar-refractivity contribution is -0.660. The fourth-order valence-electron chi connectivity index (χ4n) is 3.30. The Morgan fingerprint density at radius 1 is 0.957 bits per heavy atom. The molecule has 2 nitrogen and oxygen atoms in total. The fraction of sp³-hybridized carbons (Fsp3) is 0.190. The normalized spacial score (nSPS) is 12.8. The highest BCUT2D eigenvalue weighted by Gasteiger charge is 2.24. The first kappa shape index (κ1) is 14.0. The number of benzene rings is 2. The zero-order valence-corrected chi connectivity index (χ0v) is 13.5. The fourth-order valence-corrected chi connectivity index (χ4v) is 3.30. The molecule has 1 aliphatic rings. The van der Waals surface area contributed by atoms with Gasteiger partial charge in [-0.05, 0) is 29.2 Å². The monoisotopic (exact) mass is 302 g/mol. The molecule has 0 bridgehead atoms. The van der Waals surface area contributed by atoms with E-state index in [0.717, 1.165) is 18.8 Å². The Morgan fingerprint density at radius 3 is 2.61 bits per heavy atom. The van der Waals surface area contributed by atoms with E-state index in [9.17, 15) is 0 Å². The highest BCUT2D eigenvalue weighted by Crippen LogP contribution is 2.38. The van der Waals surface area contributed by atoms with Crippen molar-refractivity contribution in [2.45, 2.75) is 13.3 Å². The maximum Gasteiger partial charge on any atom is 0.216 e. The molecule has 0 atom stereocenters. The van der Waals surface area contributed by atoms with Gasteiger partial charge >= 0.3 is 0 Å². The first-order valence-electron chi connectivity index (χ1n) is 8.05. The molecule has 0 saturated heterocycles. The van der Waals surface area contributed by atoms with Crippen molar-refractivity contribution in [1.82, 2.24) is 0 Å². The molecule has 23 heavy (non-hydrogen) atoms. The van der Waals surface area contributed by atoms with Crippen LogP contribution in [0.4, 0.5) is 0 Å². The predicted octanol–water partition coefficient (Wildman–Crippen LogP) is 4.09. The van der Waals surface area contributed by atoms with Crippen molar-refractivity contribution in [3.63, 3.8) is 0 Å². The highest BCUT2D eigenvalue weighted by atomic mass is 16.5. The van der Waals surface area contributed by atoms with Crippen LogP contribution in [0.5, 0.6) is 5.75 Å². The lowest BCUT2D eigenvalue weighted by Gasteiger charge is -2.11. The summed E-state index contributed by atoms with van der Waals surface area (Å²) in [5, 5.41) is 0. The third-order valence-electron chi connectivity index (χ3n) is 4.58. The van der Waals surface area contributed by atoms with Crippen molar-refractivity contribution in [3.05, 3.63) is 71.9 Å². The van der Waals surface area contributed by atoms with Crippen LogP contribution in [-0.2, 0) is 13.5 Å². The molecular weight excluding hydrogens is 282 g/mol. The molecule has 0 amide bonds. The van der Waals surface area contributed by atoms with Crippen molar-refractivity contribution >= 4 is 0 Å². The zero-order chi connectivity index (χ0) is 15.8. The van der Waals surface area contributed by atoms with Crippen LogP contribution in [0, 0.1) is 6.92 Å². The minimum Gasteiger partial charge on any atom is -0.492 e. The Labute approximate surface area is 137 Å². The molecule has 1 aromatic heterocycles. The number of hydrogen-bond donors (Lipinski definition) is 0. The molecule has 2 heteroatoms. The third-order valence-corrected chi connectivity index (χ3v) is 4.58. The van der Waals surface area contributed by atoms with Crippen molar-refractivity contribution in [3.8, 4) is 28.1 Å². The molecule has 114 valence electrons. The van der Waals surface area contributed by atoms with E-state index >= 15 is 0 Å². The summed E-state index contributed by atoms with van der Waals surface area (Å²) in [6.07, 6.45) is 3.14. The van der Waals surface area contributed by atoms with E-state index < -0.39 is 0 Å². The molecule has 1 aliphatic heterocycles. The smallest absolute Gasteiger partial charge is 0.216 e. The number of hydrogen-bond acceptors (Lipinski definition) is 1. The molecule has 0 N–H and O–H groups in total. The molecule has 4 rings (SSSR count). The first-order chi connectivity index (χ1) is 11.2. The summed E-state index contributed by atoms with van der Waals surface area (Å²) in [5.41, 5.74) is 7.46. The molecule has 2 heterocycles. The average Bonchev–Trinajstić information content (AvgIpc) is 3.05. The minimum atomic E-state index is 0.786. The number of aryl methyl sites for hydroxylation is 2. The van der Waals surface area contributed by atoms with Crippen LogP contribution in [0.1, 0.15) is 11.1 Å². The Hall–Kier alpha value is -2.61. The number of fused-ring (bicyclic) bond motifs is 1. The van der Waals surface area contributed by atoms with E-state index in [-0.39, 0.29) is 0 Å². The number of aromatic nitrogens is 1. The Bertz CT molecular complexity index is 869. The van der Waals surface area contributed by atoms with Gasteiger partial charge in [0.25, 0.3) is 0 Å². The zero-order valence-electron chi connectivity index (χ0n) is 13.5. The summed E-state index contributed by atoms with van der Waals surface area (Å²) < 4.78 is 8.13. The maximum absolute atomic E-state index is 5.95. The quantitative estimate of drug-likeness (QED) is 0.650. The minimum absolute atomic E-state index is 0.786. The van der Waals surface area contributed by atoms with Crippen LogP contribution in [0.2, 0.25) is 0 Å². The number of rotatable bonds is 2. The van der Waals surface area contributed by atoms with E-state index in [1.807, 2.05) is 0 Å². The second-order valence-electron chi connectivity index (χ2n) is 6.12. The van der Waals surface area contributed by atoms with E-state index in [4.69, 9.17) is 4.74 Å². The van der Waals surface area contributed by atoms with Gasteiger partial charge in [-0.1, -0.05) is 42.5 Å². The van der Waals surface area contributed by atoms with Gasteiger partial charge in [-0.3, -0.25) is 0 Å². The van der Waals surface area contributed by atoms with Gasteiger partial charge < -0.3 is 4.74 Å². The SMILES string of the molecule is Cc1ccc2c(c1-c1cc(-c3ccccc3)cc[n+]1C)OCC2. The van der Waals surface area contributed by atoms with Gasteiger partial charge in [0.15, 0.2) is 6.20 Å². The predicted molar refractivity (Wildman–Crippen MR) is 92.4 cm³/mol. The van der Waals surface area contributed by atoms with Gasteiger partial charge in [-0.2, -0.15) is 0 Å². The van der Waals surface area contributed by atoms with Gasteiger partial charge in [0.05, 0.1) is 12.2 Å². The van der Waals surface area contributed by atoms with Crippen LogP contribution in [-0.4, -0.2) is 6.61 Å². The first-order valence-corrected chi connectivity index (χ1v) is 8.05. The van der Waals surface area contributed by atoms with E-state index in [1.165, 1.54) is 33.5 Å². The standard InChI is InChI=1S/C21H20NO/c1-15-8-9-17-11-13-23-21(17)20(15)19-14-18(10-12-22(19)2)16-6-4-3-5-7-16/h3-10,12,14H,11,13H2,1-2H3/q+1. The van der Waals surface area contributed by atoms with Crippen LogP contribution in [0.25, 0.3) is 22.4 Å². The Kier molecular flexibility index (Phi) is 3.38. The largest absolute Gasteiger partial charge is 0.492 e. The summed E-state index contributed by atoms with van der Waals surface area (Å²) in [6.45, 7) is 2.94. The van der Waals surface area contributed by atoms with Gasteiger partial charge in [-0.15, -0.1) is 0 Å². The summed E-state index contributed by atoms with van der Waals surface area (Å²) in [6, 6.07) is 19.3. The van der Waals surface area contributed by atoms with E-state index in [1.54, 1.807) is 0 Å². The van der Waals surface area contributed by atoms with Crippen molar-refractivity contribution < 1.29 is 9.30 Å². The third kappa shape index (κ3) is 2.40.